The lowest BCUT2D eigenvalue weighted by Crippen LogP contribution is -2.51. The van der Waals surface area contributed by atoms with Gasteiger partial charge in [-0.2, -0.15) is 4.68 Å². The largest absolute Gasteiger partial charge is 0.497 e. The van der Waals surface area contributed by atoms with E-state index < -0.39 is 0 Å². The maximum atomic E-state index is 5.39. The zero-order valence-corrected chi connectivity index (χ0v) is 15.0. The summed E-state index contributed by atoms with van der Waals surface area (Å²) in [6.07, 6.45) is 10.0. The Balaban J connectivity index is 1.76. The monoisotopic (exact) mass is 341 g/mol. The van der Waals surface area contributed by atoms with Crippen molar-refractivity contribution in [3.8, 4) is 11.4 Å². The van der Waals surface area contributed by atoms with Crippen molar-refractivity contribution in [2.24, 2.45) is 0 Å². The van der Waals surface area contributed by atoms with Crippen molar-refractivity contribution in [2.45, 2.75) is 56.9 Å². The third-order valence-electron chi connectivity index (χ3n) is 5.83. The van der Waals surface area contributed by atoms with Gasteiger partial charge in [-0.1, -0.05) is 31.7 Å². The highest BCUT2D eigenvalue weighted by atomic mass is 16.5. The average molecular weight is 341 g/mol. The minimum atomic E-state index is -0.0226. The van der Waals surface area contributed by atoms with Gasteiger partial charge in [0.15, 0.2) is 5.82 Å². The minimum Gasteiger partial charge on any atom is -0.497 e. The fourth-order valence-electron chi connectivity index (χ4n) is 4.53. The summed E-state index contributed by atoms with van der Waals surface area (Å²) in [5, 5.41) is 13.0. The molecule has 134 valence electrons. The van der Waals surface area contributed by atoms with E-state index in [1.165, 1.54) is 38.5 Å². The van der Waals surface area contributed by atoms with Crippen LogP contribution >= 0.6 is 0 Å². The van der Waals surface area contributed by atoms with Crippen LogP contribution in [0.2, 0.25) is 0 Å². The van der Waals surface area contributed by atoms with Crippen molar-refractivity contribution in [2.75, 3.05) is 20.2 Å². The molecule has 2 aliphatic rings. The number of likely N-dealkylation sites (tertiary alicyclic amines) is 1. The van der Waals surface area contributed by atoms with Crippen molar-refractivity contribution in [3.05, 3.63) is 30.1 Å². The van der Waals surface area contributed by atoms with Gasteiger partial charge in [-0.15, -0.1) is 5.10 Å². The fourth-order valence-corrected chi connectivity index (χ4v) is 4.53. The fraction of sp³-hybridized carbons (Fsp3) is 0.632. The van der Waals surface area contributed by atoms with Crippen molar-refractivity contribution < 1.29 is 4.74 Å². The maximum Gasteiger partial charge on any atom is 0.176 e. The summed E-state index contributed by atoms with van der Waals surface area (Å²) in [6.45, 7) is 2.32. The van der Waals surface area contributed by atoms with Crippen LogP contribution in [0, 0.1) is 0 Å². The van der Waals surface area contributed by atoms with E-state index in [0.717, 1.165) is 43.2 Å². The number of methoxy groups -OCH3 is 1. The quantitative estimate of drug-likeness (QED) is 0.854. The first-order chi connectivity index (χ1) is 12.3. The number of nitrogens with zero attached hydrogens (tertiary/aromatic N) is 5. The molecule has 0 N–H and O–H groups in total. The number of ether oxygens (including phenoxy) is 1. The molecule has 0 bridgehead atoms. The lowest BCUT2D eigenvalue weighted by Gasteiger charge is -2.47. The van der Waals surface area contributed by atoms with Crippen LogP contribution in [0.5, 0.6) is 5.75 Å². The molecule has 1 saturated carbocycles. The summed E-state index contributed by atoms with van der Waals surface area (Å²) < 4.78 is 7.32. The highest BCUT2D eigenvalue weighted by molar-refractivity contribution is 5.39. The second-order valence-electron chi connectivity index (χ2n) is 7.26. The normalized spacial score (nSPS) is 21.2. The van der Waals surface area contributed by atoms with Gasteiger partial charge in [0.1, 0.15) is 5.75 Å². The molecular weight excluding hydrogens is 314 g/mol. The molecule has 1 aromatic heterocycles. The van der Waals surface area contributed by atoms with E-state index in [2.05, 4.69) is 26.5 Å². The van der Waals surface area contributed by atoms with E-state index in [-0.39, 0.29) is 5.54 Å². The molecule has 0 amide bonds. The Labute approximate surface area is 149 Å². The van der Waals surface area contributed by atoms with Crippen LogP contribution in [-0.2, 0) is 5.54 Å². The SMILES string of the molecule is COc1cccc(-n2nnnc2C2(N3CCCCC3)CCCCC2)c1. The van der Waals surface area contributed by atoms with Crippen molar-refractivity contribution in [1.29, 1.82) is 0 Å². The first-order valence-corrected chi connectivity index (χ1v) is 9.52. The Morgan fingerprint density at radius 1 is 1.00 bits per heavy atom. The molecule has 0 spiro atoms. The molecule has 4 rings (SSSR count). The number of aromatic nitrogens is 4. The zero-order chi connectivity index (χ0) is 17.1. The summed E-state index contributed by atoms with van der Waals surface area (Å²) in [5.74, 6) is 1.83. The van der Waals surface area contributed by atoms with Crippen LogP contribution in [0.3, 0.4) is 0 Å². The second kappa shape index (κ2) is 7.12. The van der Waals surface area contributed by atoms with Gasteiger partial charge in [-0.25, -0.2) is 0 Å². The molecule has 1 saturated heterocycles. The Bertz CT molecular complexity index is 701. The summed E-state index contributed by atoms with van der Waals surface area (Å²) in [6, 6.07) is 8.00. The van der Waals surface area contributed by atoms with Crippen LogP contribution in [-0.4, -0.2) is 45.3 Å². The molecule has 1 aliphatic heterocycles. The molecular formula is C19H27N5O. The minimum absolute atomic E-state index is 0.0226. The first-order valence-electron chi connectivity index (χ1n) is 9.52. The molecule has 2 aromatic rings. The topological polar surface area (TPSA) is 56.1 Å². The molecule has 0 radical (unpaired) electrons. The molecule has 1 aliphatic carbocycles. The van der Waals surface area contributed by atoms with Gasteiger partial charge in [0.05, 0.1) is 18.3 Å². The number of piperidine rings is 1. The van der Waals surface area contributed by atoms with Gasteiger partial charge in [-0.3, -0.25) is 4.90 Å². The lowest BCUT2D eigenvalue weighted by atomic mass is 9.78. The zero-order valence-electron chi connectivity index (χ0n) is 15.0. The predicted octanol–water partition coefficient (Wildman–Crippen LogP) is 3.32. The Kier molecular flexibility index (Phi) is 4.70. The van der Waals surface area contributed by atoms with E-state index in [0.29, 0.717) is 0 Å². The smallest absolute Gasteiger partial charge is 0.176 e. The van der Waals surface area contributed by atoms with Crippen LogP contribution in [0.1, 0.15) is 57.2 Å². The van der Waals surface area contributed by atoms with Crippen LogP contribution in [0.4, 0.5) is 0 Å². The van der Waals surface area contributed by atoms with E-state index in [1.807, 2.05) is 22.9 Å². The van der Waals surface area contributed by atoms with Gasteiger partial charge < -0.3 is 4.74 Å². The molecule has 6 heteroatoms. The average Bonchev–Trinajstić information content (AvgIpc) is 3.20. The summed E-state index contributed by atoms with van der Waals surface area (Å²) in [7, 11) is 1.69. The highest BCUT2D eigenvalue weighted by Crippen LogP contribution is 2.43. The van der Waals surface area contributed by atoms with Gasteiger partial charge in [0, 0.05) is 6.07 Å². The molecule has 1 aromatic carbocycles. The number of rotatable bonds is 4. The third kappa shape index (κ3) is 3.03. The van der Waals surface area contributed by atoms with Crippen LogP contribution in [0.25, 0.3) is 5.69 Å². The van der Waals surface area contributed by atoms with Gasteiger partial charge >= 0.3 is 0 Å². The van der Waals surface area contributed by atoms with Gasteiger partial charge in [0.25, 0.3) is 0 Å². The van der Waals surface area contributed by atoms with E-state index in [4.69, 9.17) is 4.74 Å². The van der Waals surface area contributed by atoms with Crippen molar-refractivity contribution in [1.82, 2.24) is 25.1 Å². The summed E-state index contributed by atoms with van der Waals surface area (Å²) in [5.41, 5.74) is 0.951. The Hall–Kier alpha value is -1.95. The van der Waals surface area contributed by atoms with Crippen LogP contribution < -0.4 is 4.74 Å². The second-order valence-corrected chi connectivity index (χ2v) is 7.26. The van der Waals surface area contributed by atoms with E-state index in [1.54, 1.807) is 7.11 Å². The van der Waals surface area contributed by atoms with Crippen molar-refractivity contribution >= 4 is 0 Å². The number of tetrazole rings is 1. The molecule has 6 nitrogen and oxygen atoms in total. The highest BCUT2D eigenvalue weighted by Gasteiger charge is 2.44. The number of hydrogen-bond acceptors (Lipinski definition) is 5. The molecule has 2 fully saturated rings. The number of benzene rings is 1. The summed E-state index contributed by atoms with van der Waals surface area (Å²) >= 11 is 0. The predicted molar refractivity (Wildman–Crippen MR) is 95.9 cm³/mol. The van der Waals surface area contributed by atoms with Crippen LogP contribution in [0.15, 0.2) is 24.3 Å². The molecule has 2 heterocycles. The Morgan fingerprint density at radius 3 is 2.52 bits per heavy atom. The lowest BCUT2D eigenvalue weighted by molar-refractivity contribution is 0.0213. The van der Waals surface area contributed by atoms with E-state index in [9.17, 15) is 0 Å². The van der Waals surface area contributed by atoms with E-state index >= 15 is 0 Å². The number of hydrogen-bond donors (Lipinski definition) is 0. The van der Waals surface area contributed by atoms with Gasteiger partial charge in [-0.05, 0) is 61.3 Å². The maximum absolute atomic E-state index is 5.39. The molecule has 0 atom stereocenters. The van der Waals surface area contributed by atoms with Gasteiger partial charge in [0.2, 0.25) is 0 Å². The molecule has 25 heavy (non-hydrogen) atoms. The first kappa shape index (κ1) is 16.5. The third-order valence-corrected chi connectivity index (χ3v) is 5.83. The molecule has 0 unspecified atom stereocenters. The standard InChI is InChI=1S/C19H27N5O/c1-25-17-10-8-9-16(15-17)24-18(20-21-22-24)19(11-4-2-5-12-19)23-13-6-3-7-14-23/h8-10,15H,2-7,11-14H2,1H3. The van der Waals surface area contributed by atoms with Crippen molar-refractivity contribution in [3.63, 3.8) is 0 Å². The Morgan fingerprint density at radius 2 is 1.76 bits per heavy atom. The summed E-state index contributed by atoms with van der Waals surface area (Å²) in [4.78, 5) is 2.66.